The quantitative estimate of drug-likeness (QED) is 0.580. The van der Waals surface area contributed by atoms with Crippen LogP contribution in [0.5, 0.6) is 5.75 Å². The second-order valence-electron chi connectivity index (χ2n) is 4.62. The van der Waals surface area contributed by atoms with Crippen molar-refractivity contribution < 1.29 is 4.74 Å². The lowest BCUT2D eigenvalue weighted by molar-refractivity contribution is 0.414. The Morgan fingerprint density at radius 1 is 1.00 bits per heavy atom. The molecule has 2 heterocycles. The molecule has 0 aliphatic carbocycles. The highest BCUT2D eigenvalue weighted by Crippen LogP contribution is 2.33. The molecule has 22 heavy (non-hydrogen) atoms. The first kappa shape index (κ1) is 13.0. The van der Waals surface area contributed by atoms with E-state index in [1.54, 1.807) is 18.9 Å². The van der Waals surface area contributed by atoms with E-state index < -0.39 is 0 Å². The third-order valence-electron chi connectivity index (χ3n) is 3.31. The molecule has 0 unspecified atom stereocenters. The van der Waals surface area contributed by atoms with Crippen molar-refractivity contribution in [2.75, 3.05) is 7.11 Å². The second-order valence-corrected chi connectivity index (χ2v) is 5.68. The topological polar surface area (TPSA) is 65.2 Å². The van der Waals surface area contributed by atoms with Gasteiger partial charge in [0.1, 0.15) is 10.8 Å². The lowest BCUT2D eigenvalue weighted by Crippen LogP contribution is -1.97. The minimum absolute atomic E-state index is 0.662. The number of hydrogen-bond acceptors (Lipinski definition) is 6. The number of aromatic nitrogens is 5. The van der Waals surface area contributed by atoms with Crippen LogP contribution in [0.25, 0.3) is 16.4 Å². The van der Waals surface area contributed by atoms with Crippen molar-refractivity contribution in [2.24, 2.45) is 0 Å². The highest BCUT2D eigenvalue weighted by Gasteiger charge is 2.11. The van der Waals surface area contributed by atoms with E-state index in [-0.39, 0.29) is 0 Å². The first-order valence-corrected chi connectivity index (χ1v) is 7.46. The number of tetrazole rings is 1. The van der Waals surface area contributed by atoms with Crippen molar-refractivity contribution in [2.45, 2.75) is 9.92 Å². The number of methoxy groups -OCH3 is 1. The fraction of sp³-hybridized carbons (Fsp3) is 0.0667. The Hall–Kier alpha value is -2.67. The standard InChI is InChI=1S/C15H11N5OS/c1-21-10-6-8-11(9-7-10)22-15-13-5-3-2-4-12(13)14-16-18-19-20(14)17-15/h2-9H,1H3. The van der Waals surface area contributed by atoms with E-state index in [0.717, 1.165) is 26.4 Å². The van der Waals surface area contributed by atoms with Gasteiger partial charge in [-0.05, 0) is 34.7 Å². The Labute approximate surface area is 130 Å². The van der Waals surface area contributed by atoms with Gasteiger partial charge in [0.2, 0.25) is 5.65 Å². The molecule has 0 saturated carbocycles. The second kappa shape index (κ2) is 5.27. The zero-order chi connectivity index (χ0) is 14.9. The summed E-state index contributed by atoms with van der Waals surface area (Å²) in [5.41, 5.74) is 0.662. The molecule has 4 rings (SSSR count). The van der Waals surface area contributed by atoms with Crippen molar-refractivity contribution in [3.8, 4) is 5.75 Å². The molecule has 0 N–H and O–H groups in total. The highest BCUT2D eigenvalue weighted by atomic mass is 32.2. The van der Waals surface area contributed by atoms with Crippen LogP contribution >= 0.6 is 11.8 Å². The van der Waals surface area contributed by atoms with Crippen LogP contribution in [0.4, 0.5) is 0 Å². The van der Waals surface area contributed by atoms with Gasteiger partial charge in [0.05, 0.1) is 7.11 Å². The Balaban J connectivity index is 1.84. The van der Waals surface area contributed by atoms with Crippen LogP contribution in [-0.2, 0) is 0 Å². The van der Waals surface area contributed by atoms with Gasteiger partial charge >= 0.3 is 0 Å². The summed E-state index contributed by atoms with van der Waals surface area (Å²) >= 11 is 1.57. The normalized spacial score (nSPS) is 11.1. The average Bonchev–Trinajstić information content (AvgIpc) is 3.04. The molecule has 6 nitrogen and oxygen atoms in total. The van der Waals surface area contributed by atoms with Crippen molar-refractivity contribution in [3.05, 3.63) is 48.5 Å². The summed E-state index contributed by atoms with van der Waals surface area (Å²) < 4.78 is 6.65. The Morgan fingerprint density at radius 2 is 1.77 bits per heavy atom. The summed E-state index contributed by atoms with van der Waals surface area (Å²) in [4.78, 5) is 1.07. The van der Waals surface area contributed by atoms with Crippen LogP contribution in [0.3, 0.4) is 0 Å². The van der Waals surface area contributed by atoms with Crippen LogP contribution in [0.1, 0.15) is 0 Å². The Morgan fingerprint density at radius 3 is 2.55 bits per heavy atom. The van der Waals surface area contributed by atoms with Gasteiger partial charge in [0.15, 0.2) is 0 Å². The summed E-state index contributed by atoms with van der Waals surface area (Å²) in [5, 5.41) is 19.0. The molecule has 0 spiro atoms. The molecule has 7 heteroatoms. The van der Waals surface area contributed by atoms with Crippen LogP contribution in [0.15, 0.2) is 58.5 Å². The number of rotatable bonds is 3. The van der Waals surface area contributed by atoms with Crippen molar-refractivity contribution in [1.29, 1.82) is 0 Å². The molecule has 0 amide bonds. The van der Waals surface area contributed by atoms with Crippen molar-refractivity contribution in [1.82, 2.24) is 25.3 Å². The van der Waals surface area contributed by atoms with E-state index in [1.807, 2.05) is 48.5 Å². The zero-order valence-electron chi connectivity index (χ0n) is 11.7. The minimum atomic E-state index is 0.662. The zero-order valence-corrected chi connectivity index (χ0v) is 12.5. The van der Waals surface area contributed by atoms with E-state index >= 15 is 0 Å². The summed E-state index contributed by atoms with van der Waals surface area (Å²) in [6.45, 7) is 0. The van der Waals surface area contributed by atoms with Crippen molar-refractivity contribution in [3.63, 3.8) is 0 Å². The number of hydrogen-bond donors (Lipinski definition) is 0. The lowest BCUT2D eigenvalue weighted by atomic mass is 10.2. The molecule has 0 aliphatic rings. The number of ether oxygens (including phenoxy) is 1. The van der Waals surface area contributed by atoms with Gasteiger partial charge in [-0.25, -0.2) is 0 Å². The van der Waals surface area contributed by atoms with Gasteiger partial charge in [-0.3, -0.25) is 0 Å². The first-order chi connectivity index (χ1) is 10.8. The van der Waals surface area contributed by atoms with Gasteiger partial charge < -0.3 is 4.74 Å². The molecule has 0 bridgehead atoms. The fourth-order valence-corrected chi connectivity index (χ4v) is 3.15. The summed E-state index contributed by atoms with van der Waals surface area (Å²) in [6.07, 6.45) is 0. The summed E-state index contributed by atoms with van der Waals surface area (Å²) in [6, 6.07) is 15.9. The van der Waals surface area contributed by atoms with E-state index in [1.165, 1.54) is 4.63 Å². The van der Waals surface area contributed by atoms with Gasteiger partial charge in [0.25, 0.3) is 0 Å². The molecule has 0 atom stereocenters. The molecule has 0 aliphatic heterocycles. The van der Waals surface area contributed by atoms with Crippen LogP contribution < -0.4 is 4.74 Å². The maximum absolute atomic E-state index is 5.18. The van der Waals surface area contributed by atoms with Gasteiger partial charge in [-0.15, -0.1) is 14.8 Å². The maximum Gasteiger partial charge on any atom is 0.207 e. The molecule has 0 radical (unpaired) electrons. The largest absolute Gasteiger partial charge is 0.497 e. The van der Waals surface area contributed by atoms with E-state index in [4.69, 9.17) is 4.74 Å². The maximum atomic E-state index is 5.18. The van der Waals surface area contributed by atoms with E-state index in [9.17, 15) is 0 Å². The monoisotopic (exact) mass is 309 g/mol. The number of fused-ring (bicyclic) bond motifs is 3. The summed E-state index contributed by atoms with van der Waals surface area (Å²) in [5.74, 6) is 0.832. The Kier molecular flexibility index (Phi) is 3.12. The molecule has 0 saturated heterocycles. The van der Waals surface area contributed by atoms with E-state index in [0.29, 0.717) is 5.65 Å². The SMILES string of the molecule is COc1ccc(Sc2nn3nnnc3c3ccccc23)cc1. The average molecular weight is 309 g/mol. The van der Waals surface area contributed by atoms with Crippen LogP contribution in [0.2, 0.25) is 0 Å². The fourth-order valence-electron chi connectivity index (χ4n) is 2.25. The number of nitrogens with zero attached hydrogens (tertiary/aromatic N) is 5. The molecule has 108 valence electrons. The van der Waals surface area contributed by atoms with Gasteiger partial charge in [-0.2, -0.15) is 0 Å². The van der Waals surface area contributed by atoms with Gasteiger partial charge in [0, 0.05) is 15.7 Å². The lowest BCUT2D eigenvalue weighted by Gasteiger charge is -2.06. The molecule has 2 aromatic carbocycles. The van der Waals surface area contributed by atoms with Crippen LogP contribution in [0, 0.1) is 0 Å². The summed E-state index contributed by atoms with van der Waals surface area (Å²) in [7, 11) is 1.66. The van der Waals surface area contributed by atoms with Gasteiger partial charge in [-0.1, -0.05) is 36.0 Å². The highest BCUT2D eigenvalue weighted by molar-refractivity contribution is 7.99. The molecule has 4 aromatic rings. The third kappa shape index (κ3) is 2.15. The van der Waals surface area contributed by atoms with Crippen LogP contribution in [-0.4, -0.2) is 32.4 Å². The van der Waals surface area contributed by atoms with Crippen molar-refractivity contribution >= 4 is 28.2 Å². The molecular weight excluding hydrogens is 298 g/mol. The predicted molar refractivity (Wildman–Crippen MR) is 83.2 cm³/mol. The number of benzene rings is 2. The third-order valence-corrected chi connectivity index (χ3v) is 4.31. The Bertz CT molecular complexity index is 951. The van der Waals surface area contributed by atoms with E-state index in [2.05, 4.69) is 20.6 Å². The molecule has 0 fully saturated rings. The molecule has 2 aromatic heterocycles. The first-order valence-electron chi connectivity index (χ1n) is 6.64. The smallest absolute Gasteiger partial charge is 0.207 e. The minimum Gasteiger partial charge on any atom is -0.497 e. The molecular formula is C15H11N5OS. The predicted octanol–water partition coefficient (Wildman–Crippen LogP) is 2.83.